The fourth-order valence-corrected chi connectivity index (χ4v) is 5.80. The van der Waals surface area contributed by atoms with Gasteiger partial charge in [0.1, 0.15) is 11.6 Å². The molecule has 0 aliphatic heterocycles. The molecule has 2 aromatic heterocycles. The third kappa shape index (κ3) is 8.57. The molecule has 0 N–H and O–H groups in total. The van der Waals surface area contributed by atoms with Crippen molar-refractivity contribution in [1.82, 2.24) is 9.88 Å². The average molecular weight is 663 g/mol. The highest BCUT2D eigenvalue weighted by Gasteiger charge is 2.27. The molecule has 256 valence electrons. The molecule has 0 saturated heterocycles. The Morgan fingerprint density at radius 2 is 1.71 bits per heavy atom. The molecule has 4 rings (SSSR count). The third-order valence-electron chi connectivity index (χ3n) is 8.44. The summed E-state index contributed by atoms with van der Waals surface area (Å²) in [6.07, 6.45) is 1.73. The number of hydrogen-bond donors (Lipinski definition) is 0. The summed E-state index contributed by atoms with van der Waals surface area (Å²) in [4.78, 5) is 44.0. The van der Waals surface area contributed by atoms with Gasteiger partial charge in [0.05, 0.1) is 24.8 Å². The molecule has 0 spiro atoms. The lowest BCUT2D eigenvalue weighted by Gasteiger charge is -2.31. The standard InChI is InChI=1S/C37H43FN2O8/c1-9-29(23(6)35(41)45-20-33-24(7)46-37(43)48-33)25-11-10-12-28(16-25)47-36(42)26-13-14-30(31-17-34(44-8)39-18-32(31)38)27(15-26)19-40(21(2)3)22(4)5/h10-18,21-23,29H,9,19-20H2,1-8H3/t23-,29+/m0/s1. The van der Waals surface area contributed by atoms with Gasteiger partial charge in [-0.25, -0.2) is 19.0 Å². The van der Waals surface area contributed by atoms with Crippen molar-refractivity contribution in [3.63, 3.8) is 0 Å². The van der Waals surface area contributed by atoms with Crippen molar-refractivity contribution in [2.24, 2.45) is 5.92 Å². The van der Waals surface area contributed by atoms with Crippen LogP contribution in [-0.2, 0) is 22.7 Å². The molecule has 0 aliphatic rings. The zero-order valence-corrected chi connectivity index (χ0v) is 28.7. The quantitative estimate of drug-likeness (QED) is 0.0993. The minimum atomic E-state index is -0.854. The van der Waals surface area contributed by atoms with E-state index >= 15 is 4.39 Å². The Bertz CT molecular complexity index is 1790. The molecule has 0 radical (unpaired) electrons. The number of ether oxygens (including phenoxy) is 3. The Labute approximate surface area is 279 Å². The molecule has 0 unspecified atom stereocenters. The lowest BCUT2D eigenvalue weighted by atomic mass is 9.85. The number of esters is 2. The maximum Gasteiger partial charge on any atom is 0.519 e. The van der Waals surface area contributed by atoms with Gasteiger partial charge in [-0.3, -0.25) is 9.69 Å². The Morgan fingerprint density at radius 1 is 0.979 bits per heavy atom. The number of nitrogens with zero attached hydrogens (tertiary/aromatic N) is 2. The maximum absolute atomic E-state index is 15.1. The van der Waals surface area contributed by atoms with E-state index in [1.165, 1.54) is 7.11 Å². The van der Waals surface area contributed by atoms with Crippen LogP contribution in [0.3, 0.4) is 0 Å². The number of hydrogen-bond acceptors (Lipinski definition) is 10. The van der Waals surface area contributed by atoms with Crippen molar-refractivity contribution >= 4 is 11.9 Å². The van der Waals surface area contributed by atoms with E-state index in [9.17, 15) is 14.4 Å². The Balaban J connectivity index is 1.58. The highest BCUT2D eigenvalue weighted by atomic mass is 19.1. The van der Waals surface area contributed by atoms with Gasteiger partial charge in [0.2, 0.25) is 5.88 Å². The number of rotatable bonds is 14. The number of methoxy groups -OCH3 is 1. The monoisotopic (exact) mass is 662 g/mol. The van der Waals surface area contributed by atoms with E-state index in [2.05, 4.69) is 37.6 Å². The van der Waals surface area contributed by atoms with Crippen molar-refractivity contribution in [3.05, 3.63) is 99.4 Å². The number of benzene rings is 2. The number of carbonyl (C=O) groups excluding carboxylic acids is 2. The molecule has 2 atom stereocenters. The minimum Gasteiger partial charge on any atom is -0.481 e. The van der Waals surface area contributed by atoms with Crippen LogP contribution in [0.5, 0.6) is 11.6 Å². The number of carbonyl (C=O) groups is 2. The molecular weight excluding hydrogens is 619 g/mol. The third-order valence-corrected chi connectivity index (χ3v) is 8.44. The summed E-state index contributed by atoms with van der Waals surface area (Å²) in [5, 5.41) is 0. The Kier molecular flexibility index (Phi) is 11.9. The second-order valence-corrected chi connectivity index (χ2v) is 12.2. The zero-order chi connectivity index (χ0) is 35.1. The van der Waals surface area contributed by atoms with Gasteiger partial charge in [-0.1, -0.05) is 32.0 Å². The SMILES string of the molecule is CC[C@@H](c1cccc(OC(=O)c2ccc(-c3cc(OC)ncc3F)c(CN(C(C)C)C(C)C)c2)c1)[C@H](C)C(=O)OCc1oc(=O)oc1C. The first-order chi connectivity index (χ1) is 22.8. The minimum absolute atomic E-state index is 0.158. The maximum atomic E-state index is 15.1. The topological polar surface area (TPSA) is 121 Å². The molecule has 0 saturated carbocycles. The second-order valence-electron chi connectivity index (χ2n) is 12.2. The smallest absolute Gasteiger partial charge is 0.481 e. The summed E-state index contributed by atoms with van der Waals surface area (Å²) >= 11 is 0. The van der Waals surface area contributed by atoms with Crippen LogP contribution in [0.15, 0.2) is 68.4 Å². The van der Waals surface area contributed by atoms with Crippen LogP contribution < -0.4 is 15.3 Å². The molecule has 0 bridgehead atoms. The van der Waals surface area contributed by atoms with Crippen LogP contribution in [0.25, 0.3) is 11.1 Å². The molecule has 0 amide bonds. The average Bonchev–Trinajstić information content (AvgIpc) is 3.38. The molecule has 0 fully saturated rings. The number of aromatic nitrogens is 1. The number of pyridine rings is 1. The van der Waals surface area contributed by atoms with Gasteiger partial charge < -0.3 is 23.0 Å². The zero-order valence-electron chi connectivity index (χ0n) is 28.7. The van der Waals surface area contributed by atoms with Crippen LogP contribution in [-0.4, -0.2) is 41.0 Å². The Morgan fingerprint density at radius 3 is 2.33 bits per heavy atom. The summed E-state index contributed by atoms with van der Waals surface area (Å²) in [6, 6.07) is 14.0. The van der Waals surface area contributed by atoms with Gasteiger partial charge in [-0.2, -0.15) is 0 Å². The Hall–Kier alpha value is -4.77. The van der Waals surface area contributed by atoms with Gasteiger partial charge in [0.15, 0.2) is 18.1 Å². The summed E-state index contributed by atoms with van der Waals surface area (Å²) < 4.78 is 41.3. The largest absolute Gasteiger partial charge is 0.519 e. The number of halogens is 1. The summed E-state index contributed by atoms with van der Waals surface area (Å²) in [6.45, 7) is 13.9. The van der Waals surface area contributed by atoms with Crippen molar-refractivity contribution in [3.8, 4) is 22.8 Å². The highest BCUT2D eigenvalue weighted by molar-refractivity contribution is 5.92. The van der Waals surface area contributed by atoms with Crippen molar-refractivity contribution in [2.45, 2.75) is 86.0 Å². The van der Waals surface area contributed by atoms with Crippen LogP contribution in [0.4, 0.5) is 4.39 Å². The first-order valence-corrected chi connectivity index (χ1v) is 16.0. The number of aryl methyl sites for hydroxylation is 1. The predicted octanol–water partition coefficient (Wildman–Crippen LogP) is 7.46. The molecule has 48 heavy (non-hydrogen) atoms. The van der Waals surface area contributed by atoms with E-state index < -0.39 is 29.5 Å². The highest BCUT2D eigenvalue weighted by Crippen LogP contribution is 2.33. The summed E-state index contributed by atoms with van der Waals surface area (Å²) in [5.74, 6) is -2.20. The molecule has 4 aromatic rings. The summed E-state index contributed by atoms with van der Waals surface area (Å²) in [7, 11) is 1.47. The lowest BCUT2D eigenvalue weighted by molar-refractivity contribution is -0.150. The molecular formula is C37H43FN2O8. The normalized spacial score (nSPS) is 12.8. The van der Waals surface area contributed by atoms with Gasteiger partial charge in [-0.15, -0.1) is 0 Å². The van der Waals surface area contributed by atoms with Crippen molar-refractivity contribution in [2.75, 3.05) is 7.11 Å². The molecule has 2 heterocycles. The van der Waals surface area contributed by atoms with Gasteiger partial charge in [0.25, 0.3) is 0 Å². The van der Waals surface area contributed by atoms with Crippen LogP contribution in [0.2, 0.25) is 0 Å². The van der Waals surface area contributed by atoms with Gasteiger partial charge >= 0.3 is 17.8 Å². The second kappa shape index (κ2) is 15.9. The van der Waals surface area contributed by atoms with Crippen LogP contribution in [0, 0.1) is 18.7 Å². The van der Waals surface area contributed by atoms with E-state index in [-0.39, 0.29) is 42.0 Å². The summed E-state index contributed by atoms with van der Waals surface area (Å²) in [5.41, 5.74) is 2.78. The van der Waals surface area contributed by atoms with Gasteiger partial charge in [-0.05, 0) is 87.9 Å². The predicted molar refractivity (Wildman–Crippen MR) is 177 cm³/mol. The van der Waals surface area contributed by atoms with Crippen LogP contribution in [0.1, 0.15) is 86.9 Å². The van der Waals surface area contributed by atoms with E-state index in [1.807, 2.05) is 13.0 Å². The van der Waals surface area contributed by atoms with Crippen LogP contribution >= 0.6 is 0 Å². The molecule has 11 heteroatoms. The van der Waals surface area contributed by atoms with E-state index in [0.717, 1.165) is 17.3 Å². The fourth-order valence-electron chi connectivity index (χ4n) is 5.80. The fraction of sp³-hybridized carbons (Fsp3) is 0.405. The van der Waals surface area contributed by atoms with Gasteiger partial charge in [0, 0.05) is 30.3 Å². The first-order valence-electron chi connectivity index (χ1n) is 16.0. The van der Waals surface area contributed by atoms with E-state index in [1.54, 1.807) is 56.3 Å². The van der Waals surface area contributed by atoms with Crippen molar-refractivity contribution < 1.29 is 37.0 Å². The first kappa shape index (κ1) is 36.1. The molecule has 2 aromatic carbocycles. The van der Waals surface area contributed by atoms with Crippen molar-refractivity contribution in [1.29, 1.82) is 0 Å². The van der Waals surface area contributed by atoms with E-state index in [0.29, 0.717) is 35.4 Å². The molecule has 0 aliphatic carbocycles. The molecule has 10 nitrogen and oxygen atoms in total. The van der Waals surface area contributed by atoms with E-state index in [4.69, 9.17) is 23.0 Å². The lowest BCUT2D eigenvalue weighted by Crippen LogP contribution is -2.36.